The van der Waals surface area contributed by atoms with Gasteiger partial charge in [0.25, 0.3) is 5.91 Å². The number of ether oxygens (including phenoxy) is 1. The summed E-state index contributed by atoms with van der Waals surface area (Å²) < 4.78 is 22.5. The molecule has 0 bridgehead atoms. The van der Waals surface area contributed by atoms with Crippen molar-refractivity contribution in [2.45, 2.75) is 63.5 Å². The van der Waals surface area contributed by atoms with Crippen LogP contribution in [-0.4, -0.2) is 64.3 Å². The summed E-state index contributed by atoms with van der Waals surface area (Å²) in [6, 6.07) is 10.1. The smallest absolute Gasteiger partial charge is 0.270 e. The van der Waals surface area contributed by atoms with Crippen LogP contribution < -0.4 is 16.0 Å². The number of likely N-dealkylation sites (N-methyl/N-ethyl adjacent to an activating group) is 1. The number of methoxy groups -OCH3 is 1. The highest BCUT2D eigenvalue weighted by atomic mass is 35.5. The molecule has 1 aliphatic carbocycles. The Morgan fingerprint density at radius 3 is 2.50 bits per heavy atom. The first kappa shape index (κ1) is 35.0. The summed E-state index contributed by atoms with van der Waals surface area (Å²) in [4.78, 5) is 48.4. The summed E-state index contributed by atoms with van der Waals surface area (Å²) in [6.07, 6.45) is 4.29. The second-order valence-corrected chi connectivity index (χ2v) is 13.5. The molecule has 256 valence electrons. The van der Waals surface area contributed by atoms with Crippen molar-refractivity contribution in [2.75, 3.05) is 20.8 Å². The number of imidazole rings is 1. The van der Waals surface area contributed by atoms with Gasteiger partial charge >= 0.3 is 0 Å². The molecule has 4 atom stereocenters. The number of benzene rings is 2. The number of carbonyl (C=O) groups excluding carboxylic acids is 3. The summed E-state index contributed by atoms with van der Waals surface area (Å²) >= 11 is 6.60. The minimum Gasteiger partial charge on any atom is -0.383 e. The predicted octanol–water partition coefficient (Wildman–Crippen LogP) is 4.93. The lowest BCUT2D eigenvalue weighted by molar-refractivity contribution is -0.134. The lowest BCUT2D eigenvalue weighted by Gasteiger charge is -2.36. The second-order valence-electron chi connectivity index (χ2n) is 13.1. The molecule has 1 saturated carbocycles. The molecule has 0 saturated heterocycles. The van der Waals surface area contributed by atoms with Crippen molar-refractivity contribution in [1.82, 2.24) is 35.7 Å². The number of rotatable bonds is 13. The fourth-order valence-electron chi connectivity index (χ4n) is 6.57. The molecule has 3 unspecified atom stereocenters. The van der Waals surface area contributed by atoms with Crippen LogP contribution in [0.1, 0.15) is 79.4 Å². The van der Waals surface area contributed by atoms with Gasteiger partial charge in [-0.05, 0) is 67.5 Å². The van der Waals surface area contributed by atoms with Gasteiger partial charge < -0.3 is 25.7 Å². The molecule has 2 heterocycles. The lowest BCUT2D eigenvalue weighted by Crippen LogP contribution is -2.57. The SMILES string of the molecule is CNC(=O)[C@H](NC(=O)C(C)(COC)c1ccc2nc(C(NC(=O)c3ccnn3C)C(c3c(F)cccc3Cl)C(C)C)[nH]c2c1)C1CCC1. The number of hydrogen-bond acceptors (Lipinski definition) is 6. The van der Waals surface area contributed by atoms with Crippen molar-refractivity contribution in [3.05, 3.63) is 82.1 Å². The highest BCUT2D eigenvalue weighted by Crippen LogP contribution is 2.41. The highest BCUT2D eigenvalue weighted by Gasteiger charge is 2.41. The van der Waals surface area contributed by atoms with Crippen LogP contribution in [0.5, 0.6) is 0 Å². The van der Waals surface area contributed by atoms with Gasteiger partial charge in [-0.1, -0.05) is 44.0 Å². The minimum absolute atomic E-state index is 0.0566. The zero-order valence-corrected chi connectivity index (χ0v) is 28.8. The van der Waals surface area contributed by atoms with Gasteiger partial charge in [-0.3, -0.25) is 19.1 Å². The molecule has 2 aromatic heterocycles. The van der Waals surface area contributed by atoms with Crippen molar-refractivity contribution in [1.29, 1.82) is 0 Å². The van der Waals surface area contributed by atoms with Gasteiger partial charge in [0, 0.05) is 43.9 Å². The van der Waals surface area contributed by atoms with Crippen molar-refractivity contribution in [2.24, 2.45) is 18.9 Å². The van der Waals surface area contributed by atoms with Crippen LogP contribution in [0.15, 0.2) is 48.7 Å². The zero-order chi connectivity index (χ0) is 34.7. The Balaban J connectivity index is 1.56. The molecule has 0 spiro atoms. The van der Waals surface area contributed by atoms with E-state index in [0.29, 0.717) is 28.1 Å². The van der Waals surface area contributed by atoms with E-state index < -0.39 is 35.1 Å². The number of nitrogens with one attached hydrogen (secondary N) is 4. The van der Waals surface area contributed by atoms with E-state index in [9.17, 15) is 14.4 Å². The summed E-state index contributed by atoms with van der Waals surface area (Å²) in [6.45, 7) is 5.70. The van der Waals surface area contributed by atoms with Crippen LogP contribution in [0.3, 0.4) is 0 Å². The van der Waals surface area contributed by atoms with Gasteiger partial charge in [-0.25, -0.2) is 9.37 Å². The van der Waals surface area contributed by atoms with Gasteiger partial charge in [-0.15, -0.1) is 0 Å². The minimum atomic E-state index is -1.15. The number of aromatic amines is 1. The lowest BCUT2D eigenvalue weighted by atomic mass is 9.77. The molecule has 0 radical (unpaired) electrons. The Hall–Kier alpha value is -4.29. The molecular weight excluding hydrogens is 637 g/mol. The standard InChI is InChI=1S/C35H43ClFN7O4/c1-19(2)27(28-22(36)11-8-12-23(28)37)30(42-32(45)26-15-16-39-44(26)5)31-40-24-14-13-21(17-25(24)41-31)35(3,18-48-6)34(47)43-29(33(46)38-4)20-9-7-10-20/h8,11-17,19-20,27,29-30H,7,9-10,18H2,1-6H3,(H,38,46)(H,40,41)(H,42,45)(H,43,47)/t27?,29-,30?,35?/m1/s1. The average molecular weight is 680 g/mol. The number of fused-ring (bicyclic) bond motifs is 1. The van der Waals surface area contributed by atoms with Crippen molar-refractivity contribution in [3.8, 4) is 0 Å². The molecule has 11 nitrogen and oxygen atoms in total. The number of amides is 3. The van der Waals surface area contributed by atoms with E-state index >= 15 is 4.39 Å². The maximum Gasteiger partial charge on any atom is 0.270 e. The maximum atomic E-state index is 15.5. The summed E-state index contributed by atoms with van der Waals surface area (Å²) in [5.74, 6) is -1.80. The molecule has 48 heavy (non-hydrogen) atoms. The largest absolute Gasteiger partial charge is 0.383 e. The monoisotopic (exact) mass is 679 g/mol. The van der Waals surface area contributed by atoms with E-state index in [1.807, 2.05) is 19.9 Å². The van der Waals surface area contributed by atoms with Gasteiger partial charge in [-0.2, -0.15) is 5.10 Å². The Bertz CT molecular complexity index is 1780. The molecular formula is C35H43ClFN7O4. The number of hydrogen-bond donors (Lipinski definition) is 4. The maximum absolute atomic E-state index is 15.5. The summed E-state index contributed by atoms with van der Waals surface area (Å²) in [7, 11) is 4.75. The van der Waals surface area contributed by atoms with E-state index in [0.717, 1.165) is 19.3 Å². The molecule has 1 fully saturated rings. The predicted molar refractivity (Wildman–Crippen MR) is 181 cm³/mol. The van der Waals surface area contributed by atoms with E-state index in [2.05, 4.69) is 26.0 Å². The molecule has 2 aromatic carbocycles. The van der Waals surface area contributed by atoms with Gasteiger partial charge in [0.15, 0.2) is 0 Å². The third kappa shape index (κ3) is 6.82. The van der Waals surface area contributed by atoms with Crippen molar-refractivity contribution < 1.29 is 23.5 Å². The topological polar surface area (TPSA) is 143 Å². The molecule has 13 heteroatoms. The molecule has 4 aromatic rings. The number of H-pyrrole nitrogens is 1. The van der Waals surface area contributed by atoms with E-state index in [1.165, 1.54) is 24.1 Å². The third-order valence-electron chi connectivity index (χ3n) is 9.55. The third-order valence-corrected chi connectivity index (χ3v) is 9.88. The van der Waals surface area contributed by atoms with Crippen molar-refractivity contribution >= 4 is 40.4 Å². The number of carbonyl (C=O) groups is 3. The number of nitrogens with zero attached hydrogens (tertiary/aromatic N) is 3. The Morgan fingerprint density at radius 1 is 1.17 bits per heavy atom. The van der Waals surface area contributed by atoms with Crippen LogP contribution in [0, 0.1) is 17.7 Å². The van der Waals surface area contributed by atoms with Crippen LogP contribution in [0.4, 0.5) is 4.39 Å². The average Bonchev–Trinajstić information content (AvgIpc) is 3.65. The molecule has 0 aliphatic heterocycles. The molecule has 5 rings (SSSR count). The second kappa shape index (κ2) is 14.4. The highest BCUT2D eigenvalue weighted by molar-refractivity contribution is 6.31. The fourth-order valence-corrected chi connectivity index (χ4v) is 6.86. The van der Waals surface area contributed by atoms with E-state index in [-0.39, 0.29) is 40.8 Å². The number of aryl methyl sites for hydroxylation is 1. The Kier molecular flexibility index (Phi) is 10.5. The van der Waals surface area contributed by atoms with E-state index in [1.54, 1.807) is 51.4 Å². The fraction of sp³-hybridized carbons (Fsp3) is 0.457. The van der Waals surface area contributed by atoms with Gasteiger partial charge in [0.05, 0.1) is 29.1 Å². The first-order valence-electron chi connectivity index (χ1n) is 16.1. The number of halogens is 2. The van der Waals surface area contributed by atoms with Crippen LogP contribution >= 0.6 is 11.6 Å². The zero-order valence-electron chi connectivity index (χ0n) is 28.1. The first-order valence-corrected chi connectivity index (χ1v) is 16.5. The van der Waals surface area contributed by atoms with Crippen molar-refractivity contribution in [3.63, 3.8) is 0 Å². The van der Waals surface area contributed by atoms with Gasteiger partial charge in [0.1, 0.15) is 23.4 Å². The molecule has 1 aliphatic rings. The summed E-state index contributed by atoms with van der Waals surface area (Å²) in [5, 5.41) is 13.1. The van der Waals surface area contributed by atoms with Crippen LogP contribution in [-0.2, 0) is 26.8 Å². The van der Waals surface area contributed by atoms with Crippen LogP contribution in [0.2, 0.25) is 5.02 Å². The molecule has 3 amide bonds. The quantitative estimate of drug-likeness (QED) is 0.158. The van der Waals surface area contributed by atoms with Crippen LogP contribution in [0.25, 0.3) is 11.0 Å². The first-order chi connectivity index (χ1) is 22.9. The Morgan fingerprint density at radius 2 is 1.92 bits per heavy atom. The normalized spacial score (nSPS) is 16.5. The number of aromatic nitrogens is 4. The van der Waals surface area contributed by atoms with Gasteiger partial charge in [0.2, 0.25) is 11.8 Å². The molecule has 4 N–H and O–H groups in total. The Labute approximate surface area is 284 Å². The van der Waals surface area contributed by atoms with E-state index in [4.69, 9.17) is 21.3 Å². The summed E-state index contributed by atoms with van der Waals surface area (Å²) in [5.41, 5.74) is 1.25.